The van der Waals surface area contributed by atoms with Crippen molar-refractivity contribution >= 4 is 6.29 Å². The van der Waals surface area contributed by atoms with Crippen LogP contribution in [-0.2, 0) is 6.54 Å². The van der Waals surface area contributed by atoms with Gasteiger partial charge in [0, 0.05) is 13.1 Å². The van der Waals surface area contributed by atoms with E-state index < -0.39 is 0 Å². The molecule has 1 aliphatic rings. The Bertz CT molecular complexity index is 334. The summed E-state index contributed by atoms with van der Waals surface area (Å²) < 4.78 is 1.96. The zero-order valence-corrected chi connectivity index (χ0v) is 9.09. The van der Waals surface area contributed by atoms with E-state index in [1.165, 1.54) is 13.0 Å². The van der Waals surface area contributed by atoms with Gasteiger partial charge < -0.3 is 9.47 Å². The van der Waals surface area contributed by atoms with Crippen molar-refractivity contribution in [1.29, 1.82) is 0 Å². The van der Waals surface area contributed by atoms with Crippen LogP contribution in [0.25, 0.3) is 0 Å². The van der Waals surface area contributed by atoms with Crippen LogP contribution in [0.3, 0.4) is 0 Å². The molecule has 2 heterocycles. The molecule has 4 heteroatoms. The highest BCUT2D eigenvalue weighted by Gasteiger charge is 2.21. The molecule has 15 heavy (non-hydrogen) atoms. The van der Waals surface area contributed by atoms with Crippen LogP contribution in [-0.4, -0.2) is 40.4 Å². The van der Waals surface area contributed by atoms with E-state index in [4.69, 9.17) is 0 Å². The van der Waals surface area contributed by atoms with Crippen LogP contribution in [0.2, 0.25) is 0 Å². The zero-order chi connectivity index (χ0) is 10.7. The highest BCUT2D eigenvalue weighted by Crippen LogP contribution is 2.18. The molecular weight excluding hydrogens is 190 g/mol. The van der Waals surface area contributed by atoms with Gasteiger partial charge in [-0.1, -0.05) is 6.92 Å². The molecule has 1 aromatic heterocycles. The molecule has 82 valence electrons. The lowest BCUT2D eigenvalue weighted by Gasteiger charge is -2.13. The predicted molar refractivity (Wildman–Crippen MR) is 57.8 cm³/mol. The van der Waals surface area contributed by atoms with Gasteiger partial charge in [0.2, 0.25) is 0 Å². The largest absolute Gasteiger partial charge is 0.328 e. The first-order valence-electron chi connectivity index (χ1n) is 5.51. The number of nitrogens with zero attached hydrogens (tertiary/aromatic N) is 3. The molecule has 0 amide bonds. The Balaban J connectivity index is 1.95. The monoisotopic (exact) mass is 207 g/mol. The molecule has 1 unspecified atom stereocenters. The summed E-state index contributed by atoms with van der Waals surface area (Å²) in [5.41, 5.74) is 0.685. The maximum absolute atomic E-state index is 10.7. The fraction of sp³-hybridized carbons (Fsp3) is 0.636. The van der Waals surface area contributed by atoms with Crippen LogP contribution < -0.4 is 0 Å². The van der Waals surface area contributed by atoms with Gasteiger partial charge in [0.25, 0.3) is 0 Å². The number of hydrogen-bond acceptors (Lipinski definition) is 3. The van der Waals surface area contributed by atoms with Gasteiger partial charge in [-0.3, -0.25) is 4.79 Å². The molecule has 1 aliphatic heterocycles. The van der Waals surface area contributed by atoms with Crippen LogP contribution in [0.15, 0.2) is 12.5 Å². The maximum atomic E-state index is 10.7. The Kier molecular flexibility index (Phi) is 3.16. The van der Waals surface area contributed by atoms with E-state index in [0.717, 1.165) is 25.9 Å². The SMILES string of the molecule is CCN1CCC(Cn2cncc2C=O)C1. The Hall–Kier alpha value is -1.16. The molecule has 0 spiro atoms. The minimum absolute atomic E-state index is 0.665. The second kappa shape index (κ2) is 4.57. The quantitative estimate of drug-likeness (QED) is 0.692. The first-order valence-corrected chi connectivity index (χ1v) is 5.51. The van der Waals surface area contributed by atoms with Crippen molar-refractivity contribution < 1.29 is 4.79 Å². The van der Waals surface area contributed by atoms with Crippen LogP contribution in [0.5, 0.6) is 0 Å². The molecule has 4 nitrogen and oxygen atoms in total. The van der Waals surface area contributed by atoms with E-state index in [-0.39, 0.29) is 0 Å². The van der Waals surface area contributed by atoms with E-state index in [9.17, 15) is 4.79 Å². The standard InChI is InChI=1S/C11H17N3O/c1-2-13-4-3-10(6-13)7-14-9-12-5-11(14)8-15/h5,8-10H,2-4,6-7H2,1H3. The van der Waals surface area contributed by atoms with Crippen molar-refractivity contribution in [3.63, 3.8) is 0 Å². The number of hydrogen-bond donors (Lipinski definition) is 0. The van der Waals surface area contributed by atoms with Crippen molar-refractivity contribution in [3.05, 3.63) is 18.2 Å². The van der Waals surface area contributed by atoms with Gasteiger partial charge in [0.15, 0.2) is 6.29 Å². The number of carbonyl (C=O) groups excluding carboxylic acids is 1. The topological polar surface area (TPSA) is 38.1 Å². The molecule has 0 saturated carbocycles. The number of aldehydes is 1. The predicted octanol–water partition coefficient (Wildman–Crippen LogP) is 1.04. The molecule has 0 N–H and O–H groups in total. The second-order valence-electron chi connectivity index (χ2n) is 4.14. The lowest BCUT2D eigenvalue weighted by Crippen LogP contribution is -2.21. The lowest BCUT2D eigenvalue weighted by atomic mass is 10.1. The van der Waals surface area contributed by atoms with Gasteiger partial charge in [-0.25, -0.2) is 4.98 Å². The molecular formula is C11H17N3O. The molecule has 0 bridgehead atoms. The molecule has 0 radical (unpaired) electrons. The Morgan fingerprint density at radius 1 is 1.67 bits per heavy atom. The third kappa shape index (κ3) is 2.26. The summed E-state index contributed by atoms with van der Waals surface area (Å²) in [5.74, 6) is 0.665. The van der Waals surface area contributed by atoms with Gasteiger partial charge in [-0.2, -0.15) is 0 Å². The van der Waals surface area contributed by atoms with E-state index >= 15 is 0 Å². The van der Waals surface area contributed by atoms with Crippen molar-refractivity contribution in [1.82, 2.24) is 14.5 Å². The van der Waals surface area contributed by atoms with Crippen LogP contribution in [0, 0.1) is 5.92 Å². The normalized spacial score (nSPS) is 22.1. The summed E-state index contributed by atoms with van der Waals surface area (Å²) >= 11 is 0. The second-order valence-corrected chi connectivity index (χ2v) is 4.14. The molecule has 1 aromatic rings. The van der Waals surface area contributed by atoms with Gasteiger partial charge in [0.05, 0.1) is 12.5 Å². The molecule has 0 aromatic carbocycles. The molecule has 0 aliphatic carbocycles. The smallest absolute Gasteiger partial charge is 0.168 e. The van der Waals surface area contributed by atoms with E-state index in [1.807, 2.05) is 4.57 Å². The van der Waals surface area contributed by atoms with Crippen molar-refractivity contribution in [2.75, 3.05) is 19.6 Å². The van der Waals surface area contributed by atoms with Crippen LogP contribution in [0.4, 0.5) is 0 Å². The highest BCUT2D eigenvalue weighted by atomic mass is 16.1. The third-order valence-electron chi connectivity index (χ3n) is 3.14. The summed E-state index contributed by atoms with van der Waals surface area (Å²) in [6, 6.07) is 0. The maximum Gasteiger partial charge on any atom is 0.168 e. The van der Waals surface area contributed by atoms with E-state index in [0.29, 0.717) is 11.6 Å². The first-order chi connectivity index (χ1) is 7.33. The minimum atomic E-state index is 0.665. The molecule has 2 rings (SSSR count). The number of rotatable bonds is 4. The molecule has 1 atom stereocenters. The average molecular weight is 207 g/mol. The lowest BCUT2D eigenvalue weighted by molar-refractivity contribution is 0.111. The number of imidazole rings is 1. The highest BCUT2D eigenvalue weighted by molar-refractivity contribution is 5.71. The van der Waals surface area contributed by atoms with Crippen molar-refractivity contribution in [2.24, 2.45) is 5.92 Å². The summed E-state index contributed by atoms with van der Waals surface area (Å²) in [6.07, 6.45) is 5.47. The number of aromatic nitrogens is 2. The van der Waals surface area contributed by atoms with Crippen LogP contribution in [0.1, 0.15) is 23.8 Å². The van der Waals surface area contributed by atoms with Gasteiger partial charge >= 0.3 is 0 Å². The van der Waals surface area contributed by atoms with Crippen molar-refractivity contribution in [2.45, 2.75) is 19.9 Å². The summed E-state index contributed by atoms with van der Waals surface area (Å²) in [4.78, 5) is 17.2. The fourth-order valence-electron chi connectivity index (χ4n) is 2.21. The third-order valence-corrected chi connectivity index (χ3v) is 3.14. The summed E-state index contributed by atoms with van der Waals surface area (Å²) in [6.45, 7) is 6.57. The molecule has 1 fully saturated rings. The molecule has 1 saturated heterocycles. The van der Waals surface area contributed by atoms with Crippen LogP contribution >= 0.6 is 0 Å². The minimum Gasteiger partial charge on any atom is -0.328 e. The van der Waals surface area contributed by atoms with Gasteiger partial charge in [0.1, 0.15) is 5.69 Å². The average Bonchev–Trinajstić information content (AvgIpc) is 2.87. The van der Waals surface area contributed by atoms with E-state index in [2.05, 4.69) is 16.8 Å². The zero-order valence-electron chi connectivity index (χ0n) is 9.09. The first kappa shape index (κ1) is 10.4. The fourth-order valence-corrected chi connectivity index (χ4v) is 2.21. The summed E-state index contributed by atoms with van der Waals surface area (Å²) in [7, 11) is 0. The summed E-state index contributed by atoms with van der Waals surface area (Å²) in [5, 5.41) is 0. The Morgan fingerprint density at radius 2 is 2.53 bits per heavy atom. The number of likely N-dealkylation sites (tertiary alicyclic amines) is 1. The van der Waals surface area contributed by atoms with Gasteiger partial charge in [-0.15, -0.1) is 0 Å². The van der Waals surface area contributed by atoms with Gasteiger partial charge in [-0.05, 0) is 25.4 Å². The van der Waals surface area contributed by atoms with Crippen molar-refractivity contribution in [3.8, 4) is 0 Å². The van der Waals surface area contributed by atoms with E-state index in [1.54, 1.807) is 12.5 Å². The Labute approximate surface area is 89.9 Å². The number of carbonyl (C=O) groups is 1. The Morgan fingerprint density at radius 3 is 3.20 bits per heavy atom.